The van der Waals surface area contributed by atoms with Crippen LogP contribution in [-0.4, -0.2) is 45.5 Å². The van der Waals surface area contributed by atoms with Crippen molar-refractivity contribution >= 4 is 6.09 Å². The Hall–Kier alpha value is -0.810. The summed E-state index contributed by atoms with van der Waals surface area (Å²) in [5.74, 6) is 0. The molecule has 2 aliphatic rings. The third-order valence-corrected chi connectivity index (χ3v) is 3.18. The van der Waals surface area contributed by atoms with E-state index in [2.05, 4.69) is 15.4 Å². The first kappa shape index (κ1) is 9.73. The Morgan fingerprint density at radius 2 is 2.64 bits per heavy atom. The van der Waals surface area contributed by atoms with Crippen molar-refractivity contribution in [3.05, 3.63) is 0 Å². The highest BCUT2D eigenvalue weighted by molar-refractivity contribution is 5.66. The highest BCUT2D eigenvalue weighted by Crippen LogP contribution is 2.36. The number of ether oxygens (including phenoxy) is 2. The number of alkyl carbamates (subject to hydrolysis) is 1. The number of amides is 1. The van der Waals surface area contributed by atoms with E-state index in [1.165, 1.54) is 7.11 Å². The molecule has 2 N–H and O–H groups in total. The Kier molecular flexibility index (Phi) is 2.60. The van der Waals surface area contributed by atoms with E-state index < -0.39 is 0 Å². The molecule has 14 heavy (non-hydrogen) atoms. The summed E-state index contributed by atoms with van der Waals surface area (Å²) in [5, 5.41) is 6.05. The summed E-state index contributed by atoms with van der Waals surface area (Å²) in [6.07, 6.45) is 0.894. The van der Waals surface area contributed by atoms with E-state index in [1.54, 1.807) is 0 Å². The Labute approximate surface area is 83.1 Å². The number of rotatable bonds is 2. The Bertz CT molecular complexity index is 222. The van der Waals surface area contributed by atoms with Crippen molar-refractivity contribution in [2.75, 3.05) is 33.4 Å². The second kappa shape index (κ2) is 3.74. The van der Waals surface area contributed by atoms with Crippen molar-refractivity contribution in [2.24, 2.45) is 5.41 Å². The number of hydrogen-bond donors (Lipinski definition) is 2. The fourth-order valence-electron chi connectivity index (χ4n) is 2.26. The van der Waals surface area contributed by atoms with Gasteiger partial charge in [0.05, 0.1) is 13.2 Å². The molecule has 0 aromatic carbocycles. The van der Waals surface area contributed by atoms with Gasteiger partial charge in [0.15, 0.2) is 0 Å². The van der Waals surface area contributed by atoms with Crippen LogP contribution in [0.25, 0.3) is 0 Å². The van der Waals surface area contributed by atoms with Crippen LogP contribution < -0.4 is 10.6 Å². The van der Waals surface area contributed by atoms with Crippen LogP contribution in [0.15, 0.2) is 0 Å². The number of hydrogen-bond acceptors (Lipinski definition) is 4. The topological polar surface area (TPSA) is 59.6 Å². The van der Waals surface area contributed by atoms with Gasteiger partial charge >= 0.3 is 6.09 Å². The zero-order valence-electron chi connectivity index (χ0n) is 8.34. The molecule has 2 unspecified atom stereocenters. The van der Waals surface area contributed by atoms with Crippen LogP contribution in [0.4, 0.5) is 4.79 Å². The molecule has 2 atom stereocenters. The Balaban J connectivity index is 1.91. The molecule has 2 fully saturated rings. The minimum Gasteiger partial charge on any atom is -0.453 e. The van der Waals surface area contributed by atoms with Crippen molar-refractivity contribution in [3.63, 3.8) is 0 Å². The first-order chi connectivity index (χ1) is 6.77. The zero-order chi connectivity index (χ0) is 10.0. The lowest BCUT2D eigenvalue weighted by atomic mass is 9.83. The van der Waals surface area contributed by atoms with Gasteiger partial charge in [-0.05, 0) is 6.42 Å². The molecule has 2 heterocycles. The van der Waals surface area contributed by atoms with E-state index in [0.717, 1.165) is 26.1 Å². The molecular weight excluding hydrogens is 184 g/mol. The maximum absolute atomic E-state index is 11.0. The SMILES string of the molecule is COC(=O)NCC12CCOC1CNC2. The molecule has 5 heteroatoms. The molecule has 0 aromatic heterocycles. The molecule has 2 rings (SSSR count). The fourth-order valence-corrected chi connectivity index (χ4v) is 2.26. The normalized spacial score (nSPS) is 35.4. The van der Waals surface area contributed by atoms with Crippen LogP contribution >= 0.6 is 0 Å². The van der Waals surface area contributed by atoms with Gasteiger partial charge < -0.3 is 20.1 Å². The van der Waals surface area contributed by atoms with Crippen molar-refractivity contribution in [1.29, 1.82) is 0 Å². The lowest BCUT2D eigenvalue weighted by Crippen LogP contribution is -2.42. The molecule has 5 nitrogen and oxygen atoms in total. The Morgan fingerprint density at radius 3 is 3.43 bits per heavy atom. The molecule has 2 saturated heterocycles. The second-order valence-electron chi connectivity index (χ2n) is 3.95. The van der Waals surface area contributed by atoms with E-state index in [4.69, 9.17) is 4.74 Å². The van der Waals surface area contributed by atoms with Gasteiger partial charge in [-0.1, -0.05) is 0 Å². The number of fused-ring (bicyclic) bond motifs is 1. The van der Waals surface area contributed by atoms with Gasteiger partial charge in [-0.2, -0.15) is 0 Å². The van der Waals surface area contributed by atoms with Crippen LogP contribution in [0.2, 0.25) is 0 Å². The summed E-state index contributed by atoms with van der Waals surface area (Å²) in [5.41, 5.74) is 0.0915. The monoisotopic (exact) mass is 200 g/mol. The molecule has 2 aliphatic heterocycles. The number of methoxy groups -OCH3 is 1. The molecular formula is C9H16N2O3. The zero-order valence-corrected chi connectivity index (χ0v) is 8.34. The van der Waals surface area contributed by atoms with Gasteiger partial charge in [0.2, 0.25) is 0 Å². The molecule has 0 radical (unpaired) electrons. The summed E-state index contributed by atoms with van der Waals surface area (Å²) in [7, 11) is 1.38. The van der Waals surface area contributed by atoms with E-state index in [-0.39, 0.29) is 17.6 Å². The molecule has 0 bridgehead atoms. The predicted octanol–water partition coefficient (Wildman–Crippen LogP) is -0.279. The Morgan fingerprint density at radius 1 is 1.79 bits per heavy atom. The van der Waals surface area contributed by atoms with E-state index in [9.17, 15) is 4.79 Å². The van der Waals surface area contributed by atoms with Gasteiger partial charge in [0.25, 0.3) is 0 Å². The van der Waals surface area contributed by atoms with E-state index in [1.807, 2.05) is 0 Å². The molecule has 0 spiro atoms. The quantitative estimate of drug-likeness (QED) is 0.643. The number of nitrogens with one attached hydrogen (secondary N) is 2. The molecule has 0 aliphatic carbocycles. The third kappa shape index (κ3) is 1.57. The van der Waals surface area contributed by atoms with Crippen LogP contribution in [0.1, 0.15) is 6.42 Å². The maximum Gasteiger partial charge on any atom is 0.406 e. The van der Waals surface area contributed by atoms with Crippen molar-refractivity contribution in [1.82, 2.24) is 10.6 Å². The van der Waals surface area contributed by atoms with Crippen LogP contribution in [0.5, 0.6) is 0 Å². The van der Waals surface area contributed by atoms with Crippen molar-refractivity contribution in [2.45, 2.75) is 12.5 Å². The second-order valence-corrected chi connectivity index (χ2v) is 3.95. The van der Waals surface area contributed by atoms with Gasteiger partial charge in [-0.3, -0.25) is 0 Å². The highest BCUT2D eigenvalue weighted by Gasteiger charge is 2.47. The maximum atomic E-state index is 11.0. The largest absolute Gasteiger partial charge is 0.453 e. The van der Waals surface area contributed by atoms with Gasteiger partial charge in [0.1, 0.15) is 0 Å². The van der Waals surface area contributed by atoms with Crippen LogP contribution in [-0.2, 0) is 9.47 Å². The number of carbonyl (C=O) groups is 1. The molecule has 0 aromatic rings. The summed E-state index contributed by atoms with van der Waals surface area (Å²) in [6, 6.07) is 0. The lowest BCUT2D eigenvalue weighted by Gasteiger charge is -2.26. The van der Waals surface area contributed by atoms with Crippen LogP contribution in [0.3, 0.4) is 0 Å². The standard InChI is InChI=1S/C9H16N2O3/c1-13-8(12)11-6-9-2-3-14-7(9)4-10-5-9/h7,10H,2-6H2,1H3,(H,11,12). The number of carbonyl (C=O) groups excluding carboxylic acids is 1. The highest BCUT2D eigenvalue weighted by atomic mass is 16.5. The first-order valence-electron chi connectivity index (χ1n) is 4.91. The third-order valence-electron chi connectivity index (χ3n) is 3.18. The molecule has 1 amide bonds. The average Bonchev–Trinajstić information content (AvgIpc) is 2.72. The smallest absolute Gasteiger partial charge is 0.406 e. The molecule has 80 valence electrons. The predicted molar refractivity (Wildman–Crippen MR) is 50.1 cm³/mol. The summed E-state index contributed by atoms with van der Waals surface area (Å²) in [6.45, 7) is 3.25. The summed E-state index contributed by atoms with van der Waals surface area (Å²) >= 11 is 0. The van der Waals surface area contributed by atoms with Gasteiger partial charge in [0, 0.05) is 31.7 Å². The van der Waals surface area contributed by atoms with Gasteiger partial charge in [-0.15, -0.1) is 0 Å². The average molecular weight is 200 g/mol. The van der Waals surface area contributed by atoms with Crippen molar-refractivity contribution in [3.8, 4) is 0 Å². The van der Waals surface area contributed by atoms with Crippen LogP contribution in [0, 0.1) is 5.41 Å². The fraction of sp³-hybridized carbons (Fsp3) is 0.889. The van der Waals surface area contributed by atoms with Gasteiger partial charge in [-0.25, -0.2) is 4.79 Å². The van der Waals surface area contributed by atoms with E-state index in [0.29, 0.717) is 6.54 Å². The van der Waals surface area contributed by atoms with E-state index >= 15 is 0 Å². The molecule has 0 saturated carbocycles. The minimum absolute atomic E-state index is 0.0915. The minimum atomic E-state index is -0.364. The summed E-state index contributed by atoms with van der Waals surface area (Å²) in [4.78, 5) is 11.0. The summed E-state index contributed by atoms with van der Waals surface area (Å²) < 4.78 is 10.1. The first-order valence-corrected chi connectivity index (χ1v) is 4.91. The van der Waals surface area contributed by atoms with Crippen molar-refractivity contribution < 1.29 is 14.3 Å². The lowest BCUT2D eigenvalue weighted by molar-refractivity contribution is 0.0814.